The largest absolute Gasteiger partial charge is 0.496 e. The summed E-state index contributed by atoms with van der Waals surface area (Å²) in [6, 6.07) is 9.70. The van der Waals surface area contributed by atoms with E-state index in [4.69, 9.17) is 16.3 Å². The number of nitrogens with zero attached hydrogens (tertiary/aromatic N) is 1. The first-order valence-electron chi connectivity index (χ1n) is 11.0. The molecule has 0 spiro atoms. The van der Waals surface area contributed by atoms with E-state index in [9.17, 15) is 9.18 Å². The third kappa shape index (κ3) is 4.18. The molecule has 2 aliphatic rings. The third-order valence-corrected chi connectivity index (χ3v) is 7.49. The van der Waals surface area contributed by atoms with Crippen LogP contribution in [0.25, 0.3) is 0 Å². The molecule has 2 heterocycles. The molecule has 0 radical (unpaired) electrons. The maximum atomic E-state index is 13.4. The molecule has 2 fully saturated rings. The number of hydrogen-bond acceptors (Lipinski definition) is 3. The number of nitrogens with one attached hydrogen (secondary N) is 1. The molecule has 4 rings (SSSR count). The number of piperidine rings is 1. The normalized spacial score (nSPS) is 24.1. The van der Waals surface area contributed by atoms with Gasteiger partial charge in [-0.3, -0.25) is 9.69 Å². The summed E-state index contributed by atoms with van der Waals surface area (Å²) in [7, 11) is 1.71. The highest BCUT2D eigenvalue weighted by Crippen LogP contribution is 2.43. The molecule has 1 amide bonds. The van der Waals surface area contributed by atoms with Gasteiger partial charge in [0.1, 0.15) is 11.6 Å². The number of carbonyl (C=O) groups is 1. The van der Waals surface area contributed by atoms with Crippen LogP contribution in [0.1, 0.15) is 65.7 Å². The summed E-state index contributed by atoms with van der Waals surface area (Å²) in [6.45, 7) is 6.58. The predicted molar refractivity (Wildman–Crippen MR) is 121 cm³/mol. The molecule has 31 heavy (non-hydrogen) atoms. The van der Waals surface area contributed by atoms with Crippen LogP contribution in [-0.2, 0) is 0 Å². The summed E-state index contributed by atoms with van der Waals surface area (Å²) in [5.74, 6) is 0.232. The van der Waals surface area contributed by atoms with Crippen molar-refractivity contribution < 1.29 is 13.9 Å². The summed E-state index contributed by atoms with van der Waals surface area (Å²) >= 11 is 5.84. The van der Waals surface area contributed by atoms with Crippen LogP contribution in [-0.4, -0.2) is 36.0 Å². The maximum absolute atomic E-state index is 13.4. The molecular weight excluding hydrogens is 415 g/mol. The molecule has 4 nitrogen and oxygen atoms in total. The van der Waals surface area contributed by atoms with Crippen LogP contribution in [0.2, 0.25) is 5.02 Å². The van der Waals surface area contributed by atoms with Crippen LogP contribution in [0.5, 0.6) is 5.75 Å². The van der Waals surface area contributed by atoms with Crippen molar-refractivity contribution in [2.75, 3.05) is 7.11 Å². The first-order chi connectivity index (χ1) is 14.8. The number of methoxy groups -OCH3 is 1. The minimum absolute atomic E-state index is 0.0264. The van der Waals surface area contributed by atoms with E-state index in [1.165, 1.54) is 34.9 Å². The first kappa shape index (κ1) is 22.1. The molecule has 2 saturated heterocycles. The average molecular weight is 445 g/mol. The molecule has 166 valence electrons. The summed E-state index contributed by atoms with van der Waals surface area (Å²) < 4.78 is 18.9. The lowest BCUT2D eigenvalue weighted by molar-refractivity contribution is 0.0689. The minimum Gasteiger partial charge on any atom is -0.496 e. The number of ether oxygens (including phenoxy) is 1. The van der Waals surface area contributed by atoms with Crippen molar-refractivity contribution in [3.8, 4) is 5.75 Å². The highest BCUT2D eigenvalue weighted by molar-refractivity contribution is 6.31. The lowest BCUT2D eigenvalue weighted by atomic mass is 9.91. The van der Waals surface area contributed by atoms with E-state index in [-0.39, 0.29) is 17.0 Å². The zero-order chi connectivity index (χ0) is 22.3. The van der Waals surface area contributed by atoms with Gasteiger partial charge >= 0.3 is 0 Å². The van der Waals surface area contributed by atoms with Gasteiger partial charge in [-0.2, -0.15) is 0 Å². The second-order valence-corrected chi connectivity index (χ2v) is 9.29. The van der Waals surface area contributed by atoms with E-state index >= 15 is 0 Å². The zero-order valence-electron chi connectivity index (χ0n) is 18.5. The fourth-order valence-corrected chi connectivity index (χ4v) is 5.70. The van der Waals surface area contributed by atoms with Gasteiger partial charge in [0.15, 0.2) is 0 Å². The summed E-state index contributed by atoms with van der Waals surface area (Å²) in [6.07, 6.45) is 4.15. The lowest BCUT2D eigenvalue weighted by Crippen LogP contribution is -2.51. The molecule has 2 aliphatic heterocycles. The van der Waals surface area contributed by atoms with Crippen molar-refractivity contribution in [3.63, 3.8) is 0 Å². The van der Waals surface area contributed by atoms with E-state index in [1.807, 2.05) is 0 Å². The van der Waals surface area contributed by atoms with Crippen LogP contribution < -0.4 is 10.1 Å². The van der Waals surface area contributed by atoms with E-state index in [0.29, 0.717) is 23.7 Å². The molecule has 0 aromatic heterocycles. The van der Waals surface area contributed by atoms with E-state index < -0.39 is 5.82 Å². The number of fused-ring (bicyclic) bond motifs is 2. The number of benzene rings is 2. The Bertz CT molecular complexity index is 982. The standard InChI is InChI=1S/C25H30ClFN2O2/c1-14-15(2)24(31-4)10-8-21(14)16(3)29-19-6-7-20(29)13-18(12-19)28-25(30)17-5-9-23(27)22(26)11-17/h5,8-11,16,18-20H,6-7,12-13H2,1-4H3,(H,28,30). The number of hydrogen-bond donors (Lipinski definition) is 1. The molecule has 1 N–H and O–H groups in total. The van der Waals surface area contributed by atoms with Gasteiger partial charge in [0.2, 0.25) is 0 Å². The Hall–Kier alpha value is -2.11. The van der Waals surface area contributed by atoms with Crippen LogP contribution in [0.3, 0.4) is 0 Å². The SMILES string of the molecule is COc1ccc(C(C)N2C3CCC2CC(NC(=O)c2ccc(F)c(Cl)c2)C3)c(C)c1C. The van der Waals surface area contributed by atoms with Crippen molar-refractivity contribution in [2.45, 2.75) is 70.6 Å². The Labute approximate surface area is 188 Å². The lowest BCUT2D eigenvalue weighted by Gasteiger charge is -2.43. The van der Waals surface area contributed by atoms with Gasteiger partial charge in [0.25, 0.3) is 5.91 Å². The van der Waals surface area contributed by atoms with Crippen LogP contribution in [0.4, 0.5) is 4.39 Å². The van der Waals surface area contributed by atoms with Gasteiger partial charge < -0.3 is 10.1 Å². The van der Waals surface area contributed by atoms with Crippen molar-refractivity contribution in [1.29, 1.82) is 0 Å². The molecule has 2 aromatic carbocycles. The first-order valence-corrected chi connectivity index (χ1v) is 11.3. The van der Waals surface area contributed by atoms with Crippen LogP contribution in [0, 0.1) is 19.7 Å². The van der Waals surface area contributed by atoms with Gasteiger partial charge in [-0.15, -0.1) is 0 Å². The van der Waals surface area contributed by atoms with E-state index in [0.717, 1.165) is 31.4 Å². The van der Waals surface area contributed by atoms with Crippen molar-refractivity contribution in [2.24, 2.45) is 0 Å². The molecular formula is C25H30ClFN2O2. The van der Waals surface area contributed by atoms with E-state index in [2.05, 4.69) is 43.1 Å². The Balaban J connectivity index is 1.46. The number of rotatable bonds is 5. The molecule has 0 saturated carbocycles. The van der Waals surface area contributed by atoms with Crippen LogP contribution in [0.15, 0.2) is 30.3 Å². The van der Waals surface area contributed by atoms with Gasteiger partial charge in [-0.1, -0.05) is 17.7 Å². The third-order valence-electron chi connectivity index (χ3n) is 7.20. The van der Waals surface area contributed by atoms with Gasteiger partial charge in [0.05, 0.1) is 12.1 Å². The highest BCUT2D eigenvalue weighted by Gasteiger charge is 2.43. The fraction of sp³-hybridized carbons (Fsp3) is 0.480. The van der Waals surface area contributed by atoms with Gasteiger partial charge in [-0.05, 0) is 87.4 Å². The Morgan fingerprint density at radius 3 is 2.45 bits per heavy atom. The Morgan fingerprint density at radius 1 is 1.16 bits per heavy atom. The second-order valence-electron chi connectivity index (χ2n) is 8.89. The topological polar surface area (TPSA) is 41.6 Å². The van der Waals surface area contributed by atoms with Crippen LogP contribution >= 0.6 is 11.6 Å². The van der Waals surface area contributed by atoms with Crippen molar-refractivity contribution >= 4 is 17.5 Å². The number of carbonyl (C=O) groups excluding carboxylic acids is 1. The zero-order valence-corrected chi connectivity index (χ0v) is 19.3. The highest BCUT2D eigenvalue weighted by atomic mass is 35.5. The molecule has 6 heteroatoms. The molecule has 3 atom stereocenters. The van der Waals surface area contributed by atoms with Gasteiger partial charge in [0, 0.05) is 29.7 Å². The summed E-state index contributed by atoms with van der Waals surface area (Å²) in [5, 5.41) is 3.13. The molecule has 2 bridgehead atoms. The molecule has 3 unspecified atom stereocenters. The maximum Gasteiger partial charge on any atom is 0.251 e. The van der Waals surface area contributed by atoms with Crippen molar-refractivity contribution in [1.82, 2.24) is 10.2 Å². The summed E-state index contributed by atoms with van der Waals surface area (Å²) in [4.78, 5) is 15.3. The monoisotopic (exact) mass is 444 g/mol. The molecule has 2 aromatic rings. The summed E-state index contributed by atoms with van der Waals surface area (Å²) in [5.41, 5.74) is 4.23. The Morgan fingerprint density at radius 2 is 1.84 bits per heavy atom. The predicted octanol–water partition coefficient (Wildman–Crippen LogP) is 5.59. The minimum atomic E-state index is -0.511. The quantitative estimate of drug-likeness (QED) is 0.653. The number of halogens is 2. The van der Waals surface area contributed by atoms with E-state index in [1.54, 1.807) is 7.11 Å². The number of amides is 1. The van der Waals surface area contributed by atoms with Crippen molar-refractivity contribution in [3.05, 3.63) is 63.4 Å². The molecule has 0 aliphatic carbocycles. The smallest absolute Gasteiger partial charge is 0.251 e. The average Bonchev–Trinajstić information content (AvgIpc) is 3.01. The Kier molecular flexibility index (Phi) is 6.27. The fourth-order valence-electron chi connectivity index (χ4n) is 5.52. The second kappa shape index (κ2) is 8.79. The van der Waals surface area contributed by atoms with Gasteiger partial charge in [-0.25, -0.2) is 4.39 Å².